The molecule has 129 valence electrons. The highest BCUT2D eigenvalue weighted by Crippen LogP contribution is 2.40. The molecule has 0 aliphatic rings. The van der Waals surface area contributed by atoms with E-state index in [0.29, 0.717) is 5.92 Å². The van der Waals surface area contributed by atoms with Crippen LogP contribution in [0.4, 0.5) is 0 Å². The van der Waals surface area contributed by atoms with Crippen molar-refractivity contribution in [1.82, 2.24) is 0 Å². The van der Waals surface area contributed by atoms with Crippen LogP contribution in [-0.2, 0) is 0 Å². The van der Waals surface area contributed by atoms with Gasteiger partial charge in [-0.15, -0.1) is 11.3 Å². The Bertz CT molecular complexity index is 523. The standard InChI is InChI=1S/C20H31OS2/c1-4-6-7-8-9-10-11-13-21-20-15-19-18(23-20)14-17(22-19)16(3)12-5-2/h14-16H,2,4-13H2,1,3H3. The van der Waals surface area contributed by atoms with Crippen molar-refractivity contribution < 1.29 is 4.74 Å². The number of ether oxygens (including phenoxy) is 1. The van der Waals surface area contributed by atoms with E-state index in [2.05, 4.69) is 32.9 Å². The Morgan fingerprint density at radius 3 is 2.39 bits per heavy atom. The van der Waals surface area contributed by atoms with Gasteiger partial charge >= 0.3 is 0 Å². The Labute approximate surface area is 150 Å². The summed E-state index contributed by atoms with van der Waals surface area (Å²) in [6.07, 6.45) is 11.5. The van der Waals surface area contributed by atoms with Crippen molar-refractivity contribution in [3.8, 4) is 5.06 Å². The highest BCUT2D eigenvalue weighted by atomic mass is 32.1. The molecule has 0 N–H and O–H groups in total. The molecule has 2 rings (SSSR count). The van der Waals surface area contributed by atoms with Crippen molar-refractivity contribution in [2.24, 2.45) is 0 Å². The maximum absolute atomic E-state index is 5.94. The van der Waals surface area contributed by atoms with Crippen LogP contribution in [0.1, 0.15) is 82.4 Å². The zero-order valence-corrected chi connectivity index (χ0v) is 16.4. The van der Waals surface area contributed by atoms with Gasteiger partial charge in [-0.25, -0.2) is 0 Å². The van der Waals surface area contributed by atoms with Crippen LogP contribution in [0.5, 0.6) is 5.06 Å². The van der Waals surface area contributed by atoms with Gasteiger partial charge in [0.15, 0.2) is 5.06 Å². The van der Waals surface area contributed by atoms with Gasteiger partial charge in [0.25, 0.3) is 0 Å². The van der Waals surface area contributed by atoms with Crippen LogP contribution in [0.25, 0.3) is 9.40 Å². The normalized spacial score (nSPS) is 12.8. The first-order valence-electron chi connectivity index (χ1n) is 9.20. The Morgan fingerprint density at radius 2 is 1.70 bits per heavy atom. The maximum atomic E-state index is 5.94. The van der Waals surface area contributed by atoms with E-state index < -0.39 is 0 Å². The van der Waals surface area contributed by atoms with Crippen molar-refractivity contribution >= 4 is 32.1 Å². The lowest BCUT2D eigenvalue weighted by Gasteiger charge is -2.06. The molecule has 0 aliphatic heterocycles. The van der Waals surface area contributed by atoms with Crippen LogP contribution in [0.3, 0.4) is 0 Å². The SMILES string of the molecule is [CH2]CCC(C)c1cc2sc(OCCCCCCCCC)cc2s1. The minimum atomic E-state index is 0.633. The molecule has 0 bridgehead atoms. The van der Waals surface area contributed by atoms with Gasteiger partial charge in [0.1, 0.15) is 0 Å². The second kappa shape index (κ2) is 10.4. The second-order valence-electron chi connectivity index (χ2n) is 6.46. The van der Waals surface area contributed by atoms with E-state index >= 15 is 0 Å². The average molecular weight is 352 g/mol. The molecule has 2 heterocycles. The molecule has 3 heteroatoms. The first-order valence-corrected chi connectivity index (χ1v) is 10.8. The smallest absolute Gasteiger partial charge is 0.175 e. The van der Waals surface area contributed by atoms with Crippen molar-refractivity contribution in [3.05, 3.63) is 23.9 Å². The van der Waals surface area contributed by atoms with E-state index in [0.717, 1.165) is 18.1 Å². The van der Waals surface area contributed by atoms with E-state index in [1.165, 1.54) is 65.6 Å². The summed E-state index contributed by atoms with van der Waals surface area (Å²) in [5, 5.41) is 1.09. The number of unbranched alkanes of at least 4 members (excludes halogenated alkanes) is 6. The molecule has 1 radical (unpaired) electrons. The summed E-state index contributed by atoms with van der Waals surface area (Å²) in [6.45, 7) is 9.40. The fourth-order valence-corrected chi connectivity index (χ4v) is 5.18. The van der Waals surface area contributed by atoms with Crippen LogP contribution in [0.2, 0.25) is 0 Å². The quantitative estimate of drug-likeness (QED) is 0.354. The number of rotatable bonds is 12. The maximum Gasteiger partial charge on any atom is 0.175 e. The molecular formula is C20H31OS2. The Kier molecular flexibility index (Phi) is 8.46. The number of hydrogen-bond donors (Lipinski definition) is 0. The van der Waals surface area contributed by atoms with Gasteiger partial charge in [0.2, 0.25) is 0 Å². The summed E-state index contributed by atoms with van der Waals surface area (Å²) in [4.78, 5) is 1.49. The summed E-state index contributed by atoms with van der Waals surface area (Å²) in [7, 11) is 0. The summed E-state index contributed by atoms with van der Waals surface area (Å²) in [6, 6.07) is 4.58. The fraction of sp³-hybridized carbons (Fsp3) is 0.650. The van der Waals surface area contributed by atoms with Crippen LogP contribution in [-0.4, -0.2) is 6.61 Å². The first kappa shape index (κ1) is 18.8. The molecule has 0 aromatic carbocycles. The molecule has 0 amide bonds. The van der Waals surface area contributed by atoms with E-state index in [4.69, 9.17) is 4.74 Å². The van der Waals surface area contributed by atoms with Gasteiger partial charge in [-0.3, -0.25) is 0 Å². The lowest BCUT2D eigenvalue weighted by Crippen LogP contribution is -1.95. The number of hydrogen-bond acceptors (Lipinski definition) is 3. The second-order valence-corrected chi connectivity index (χ2v) is 8.62. The predicted octanol–water partition coefficient (Wildman–Crippen LogP) is 7.81. The molecule has 0 spiro atoms. The molecule has 1 nitrogen and oxygen atoms in total. The molecule has 0 fully saturated rings. The third kappa shape index (κ3) is 6.11. The zero-order valence-electron chi connectivity index (χ0n) is 14.7. The summed E-state index contributed by atoms with van der Waals surface area (Å²) < 4.78 is 8.71. The van der Waals surface area contributed by atoms with Gasteiger partial charge in [0.05, 0.1) is 6.61 Å². The van der Waals surface area contributed by atoms with Crippen molar-refractivity contribution in [2.45, 2.75) is 77.6 Å². The van der Waals surface area contributed by atoms with Crippen molar-refractivity contribution in [1.29, 1.82) is 0 Å². The minimum absolute atomic E-state index is 0.633. The van der Waals surface area contributed by atoms with Crippen LogP contribution >= 0.6 is 22.7 Å². The van der Waals surface area contributed by atoms with Gasteiger partial charge in [-0.1, -0.05) is 77.1 Å². The predicted molar refractivity (Wildman–Crippen MR) is 106 cm³/mol. The van der Waals surface area contributed by atoms with Gasteiger partial charge in [-0.05, 0) is 24.8 Å². The summed E-state index contributed by atoms with van der Waals surface area (Å²) >= 11 is 3.72. The Balaban J connectivity index is 1.69. The molecule has 0 saturated carbocycles. The molecule has 0 saturated heterocycles. The monoisotopic (exact) mass is 351 g/mol. The molecule has 1 atom stereocenters. The van der Waals surface area contributed by atoms with Crippen LogP contribution < -0.4 is 4.74 Å². The summed E-state index contributed by atoms with van der Waals surface area (Å²) in [5.74, 6) is 0.633. The van der Waals surface area contributed by atoms with E-state index in [1.54, 1.807) is 11.3 Å². The molecule has 2 aromatic rings. The van der Waals surface area contributed by atoms with Gasteiger partial charge in [-0.2, -0.15) is 0 Å². The van der Waals surface area contributed by atoms with Gasteiger partial charge in [0, 0.05) is 20.3 Å². The molecule has 0 aliphatic carbocycles. The Morgan fingerprint density at radius 1 is 1.00 bits per heavy atom. The van der Waals surface area contributed by atoms with Crippen LogP contribution in [0.15, 0.2) is 12.1 Å². The minimum Gasteiger partial charge on any atom is -0.484 e. The van der Waals surface area contributed by atoms with Crippen molar-refractivity contribution in [2.75, 3.05) is 6.61 Å². The van der Waals surface area contributed by atoms with Crippen LogP contribution in [0, 0.1) is 6.92 Å². The van der Waals surface area contributed by atoms with E-state index in [1.807, 2.05) is 11.3 Å². The lowest BCUT2D eigenvalue weighted by atomic mass is 10.1. The third-order valence-corrected chi connectivity index (χ3v) is 6.76. The van der Waals surface area contributed by atoms with Gasteiger partial charge < -0.3 is 4.74 Å². The lowest BCUT2D eigenvalue weighted by molar-refractivity contribution is 0.313. The Hall–Kier alpha value is -0.540. The first-order chi connectivity index (χ1) is 11.2. The van der Waals surface area contributed by atoms with E-state index in [9.17, 15) is 0 Å². The fourth-order valence-electron chi connectivity index (χ4n) is 2.83. The summed E-state index contributed by atoms with van der Waals surface area (Å²) in [5.41, 5.74) is 0. The largest absolute Gasteiger partial charge is 0.484 e. The molecule has 2 aromatic heterocycles. The third-order valence-electron chi connectivity index (χ3n) is 4.32. The molecule has 1 unspecified atom stereocenters. The number of fused-ring (bicyclic) bond motifs is 1. The van der Waals surface area contributed by atoms with E-state index in [-0.39, 0.29) is 0 Å². The highest BCUT2D eigenvalue weighted by Gasteiger charge is 2.12. The highest BCUT2D eigenvalue weighted by molar-refractivity contribution is 7.28. The topological polar surface area (TPSA) is 9.23 Å². The molecular weight excluding hydrogens is 320 g/mol. The molecule has 23 heavy (non-hydrogen) atoms. The number of thiophene rings is 2. The zero-order chi connectivity index (χ0) is 16.5. The average Bonchev–Trinajstić information content (AvgIpc) is 3.08. The van der Waals surface area contributed by atoms with Crippen molar-refractivity contribution in [3.63, 3.8) is 0 Å².